The van der Waals surface area contributed by atoms with Gasteiger partial charge in [-0.05, 0) is 19.8 Å². The Bertz CT molecular complexity index is 1210. The van der Waals surface area contributed by atoms with Crippen LogP contribution in [0.1, 0.15) is 31.7 Å². The lowest BCUT2D eigenvalue weighted by Crippen LogP contribution is -2.48. The van der Waals surface area contributed by atoms with E-state index < -0.39 is 54.8 Å². The molecule has 4 N–H and O–H groups in total. The quantitative estimate of drug-likeness (QED) is 0.356. The second kappa shape index (κ2) is 8.48. The van der Waals surface area contributed by atoms with Crippen LogP contribution < -0.4 is 21.1 Å². The number of anilines is 2. The molecule has 1 atom stereocenters. The van der Waals surface area contributed by atoms with E-state index in [2.05, 4.69) is 30.4 Å². The second-order valence-corrected chi connectivity index (χ2v) is 8.40. The average Bonchev–Trinajstić information content (AvgIpc) is 3.41. The van der Waals surface area contributed by atoms with Crippen molar-refractivity contribution in [3.8, 4) is 17.4 Å². The number of nitrogens with zero attached hydrogens (tertiary/aromatic N) is 4. The molecule has 1 aliphatic heterocycles. The summed E-state index contributed by atoms with van der Waals surface area (Å²) in [6.45, 7) is -3.28. The molecule has 196 valence electrons. The first-order valence-electron chi connectivity index (χ1n) is 10.4. The highest BCUT2D eigenvalue weighted by Crippen LogP contribution is 2.42. The number of halogens is 7. The maximum absolute atomic E-state index is 13.3. The molecule has 0 spiro atoms. The minimum atomic E-state index is -5.86. The van der Waals surface area contributed by atoms with Crippen LogP contribution in [0, 0.1) is 0 Å². The Morgan fingerprint density at radius 2 is 1.97 bits per heavy atom. The third-order valence-electron chi connectivity index (χ3n) is 5.72. The number of carbonyl (C=O) groups is 2. The van der Waals surface area contributed by atoms with Gasteiger partial charge in [-0.25, -0.2) is 14.6 Å². The molecule has 4 rings (SSSR count). The molecular weight excluding hydrogens is 507 g/mol. The van der Waals surface area contributed by atoms with Gasteiger partial charge in [-0.15, -0.1) is 0 Å². The van der Waals surface area contributed by atoms with Crippen LogP contribution >= 0.6 is 0 Å². The average molecular weight is 525 g/mol. The Morgan fingerprint density at radius 1 is 1.31 bits per heavy atom. The Hall–Kier alpha value is -3.66. The van der Waals surface area contributed by atoms with Gasteiger partial charge in [0.15, 0.2) is 11.2 Å². The summed E-state index contributed by atoms with van der Waals surface area (Å²) in [5.41, 5.74) is 3.80. The fourth-order valence-electron chi connectivity index (χ4n) is 3.54. The number of aromatic nitrogens is 4. The van der Waals surface area contributed by atoms with Crippen LogP contribution in [0.2, 0.25) is 0 Å². The number of nitrogen functional groups attached to an aromatic ring is 1. The molecule has 10 nitrogen and oxygen atoms in total. The third-order valence-corrected chi connectivity index (χ3v) is 5.72. The molecule has 0 saturated heterocycles. The first-order valence-corrected chi connectivity index (χ1v) is 10.4. The SMILES string of the molecule is CC1(C(=O)NC2CC2)C(=O)Nc2nc(-c3cc(OC(F)F)n(CCC(F)(F)C(F)(F)F)n3)nc(N)c21. The van der Waals surface area contributed by atoms with Crippen molar-refractivity contribution in [2.45, 2.75) is 62.9 Å². The van der Waals surface area contributed by atoms with Gasteiger partial charge in [0.05, 0.1) is 12.1 Å². The highest BCUT2D eigenvalue weighted by Gasteiger charge is 2.57. The minimum absolute atomic E-state index is 0.0392. The highest BCUT2D eigenvalue weighted by atomic mass is 19.4. The molecule has 2 aliphatic rings. The van der Waals surface area contributed by atoms with Crippen LogP contribution in [0.25, 0.3) is 11.5 Å². The highest BCUT2D eigenvalue weighted by molar-refractivity contribution is 6.20. The Balaban J connectivity index is 1.67. The van der Waals surface area contributed by atoms with Crippen molar-refractivity contribution < 1.29 is 45.1 Å². The molecule has 0 bridgehead atoms. The number of amides is 2. The van der Waals surface area contributed by atoms with Crippen molar-refractivity contribution in [2.24, 2.45) is 0 Å². The molecule has 0 aromatic carbocycles. The van der Waals surface area contributed by atoms with Gasteiger partial charge >= 0.3 is 18.7 Å². The molecule has 2 aromatic rings. The number of nitrogens with two attached hydrogens (primary N) is 1. The van der Waals surface area contributed by atoms with E-state index in [9.17, 15) is 40.3 Å². The van der Waals surface area contributed by atoms with E-state index in [1.54, 1.807) is 0 Å². The number of alkyl halides is 7. The summed E-state index contributed by atoms with van der Waals surface area (Å²) in [5, 5.41) is 8.79. The van der Waals surface area contributed by atoms with Crippen molar-refractivity contribution in [1.29, 1.82) is 0 Å². The number of hydrogen-bond acceptors (Lipinski definition) is 7. The van der Waals surface area contributed by atoms with Crippen LogP contribution in [0.5, 0.6) is 5.88 Å². The fourth-order valence-corrected chi connectivity index (χ4v) is 3.54. The maximum Gasteiger partial charge on any atom is 0.453 e. The van der Waals surface area contributed by atoms with Gasteiger partial charge in [-0.3, -0.25) is 9.59 Å². The predicted octanol–water partition coefficient (Wildman–Crippen LogP) is 2.60. The van der Waals surface area contributed by atoms with E-state index in [-0.39, 0.29) is 34.8 Å². The van der Waals surface area contributed by atoms with Crippen LogP contribution in [-0.2, 0) is 21.5 Å². The smallest absolute Gasteiger partial charge is 0.417 e. The summed E-state index contributed by atoms with van der Waals surface area (Å²) in [7, 11) is 0. The number of nitrogens with one attached hydrogen (secondary N) is 2. The van der Waals surface area contributed by atoms with Gasteiger partial charge < -0.3 is 21.1 Å². The molecular formula is C19H18F7N7O3. The fraction of sp³-hybridized carbons (Fsp3) is 0.526. The molecule has 1 unspecified atom stereocenters. The topological polar surface area (TPSA) is 137 Å². The zero-order valence-electron chi connectivity index (χ0n) is 18.3. The monoisotopic (exact) mass is 525 g/mol. The zero-order valence-corrected chi connectivity index (χ0v) is 18.3. The molecule has 1 fully saturated rings. The van der Waals surface area contributed by atoms with E-state index in [1.807, 2.05) is 0 Å². The van der Waals surface area contributed by atoms with Crippen LogP contribution in [0.15, 0.2) is 6.07 Å². The summed E-state index contributed by atoms with van der Waals surface area (Å²) in [5.74, 6) is -8.24. The molecule has 36 heavy (non-hydrogen) atoms. The van der Waals surface area contributed by atoms with E-state index >= 15 is 0 Å². The molecule has 17 heteroatoms. The number of aryl methyl sites for hydroxylation is 1. The summed E-state index contributed by atoms with van der Waals surface area (Å²) >= 11 is 0. The lowest BCUT2D eigenvalue weighted by Gasteiger charge is -2.21. The van der Waals surface area contributed by atoms with Gasteiger partial charge in [0, 0.05) is 18.5 Å². The summed E-state index contributed by atoms with van der Waals surface area (Å²) in [6, 6.07) is 0.712. The van der Waals surface area contributed by atoms with Crippen molar-refractivity contribution in [1.82, 2.24) is 25.1 Å². The predicted molar refractivity (Wildman–Crippen MR) is 107 cm³/mol. The largest absolute Gasteiger partial charge is 0.453 e. The number of rotatable bonds is 8. The van der Waals surface area contributed by atoms with Crippen LogP contribution in [-0.4, -0.2) is 56.3 Å². The number of hydrogen-bond donors (Lipinski definition) is 3. The van der Waals surface area contributed by atoms with Crippen LogP contribution in [0.4, 0.5) is 42.4 Å². The third kappa shape index (κ3) is 4.48. The van der Waals surface area contributed by atoms with Crippen LogP contribution in [0.3, 0.4) is 0 Å². The Morgan fingerprint density at radius 3 is 2.56 bits per heavy atom. The molecule has 2 aromatic heterocycles. The summed E-state index contributed by atoms with van der Waals surface area (Å²) < 4.78 is 94.3. The van der Waals surface area contributed by atoms with Gasteiger partial charge in [-0.2, -0.15) is 35.8 Å². The summed E-state index contributed by atoms with van der Waals surface area (Å²) in [4.78, 5) is 33.4. The van der Waals surface area contributed by atoms with Crippen molar-refractivity contribution in [2.75, 3.05) is 11.1 Å². The zero-order chi connectivity index (χ0) is 26.6. The van der Waals surface area contributed by atoms with E-state index in [0.29, 0.717) is 4.68 Å². The molecule has 0 radical (unpaired) electrons. The van der Waals surface area contributed by atoms with Gasteiger partial charge in [0.1, 0.15) is 17.3 Å². The lowest BCUT2D eigenvalue weighted by molar-refractivity contribution is -0.285. The standard InChI is InChI=1S/C19H18F7N7O3/c1-17(14(34)28-7-2-3-7)10-11(27)29-12(30-13(10)31-15(17)35)8-6-9(36-16(20)21)33(32-8)5-4-18(22,23)19(24,25)26/h6-7,16H,2-5H2,1H3,(H,28,34)(H3,27,29,30,31,35). The minimum Gasteiger partial charge on any atom is -0.417 e. The van der Waals surface area contributed by atoms with Gasteiger partial charge in [-0.1, -0.05) is 0 Å². The van der Waals surface area contributed by atoms with Gasteiger partial charge in [0.2, 0.25) is 17.7 Å². The maximum atomic E-state index is 13.3. The molecule has 3 heterocycles. The summed E-state index contributed by atoms with van der Waals surface area (Å²) in [6.07, 6.45) is -6.17. The van der Waals surface area contributed by atoms with Crippen molar-refractivity contribution in [3.63, 3.8) is 0 Å². The van der Waals surface area contributed by atoms with E-state index in [4.69, 9.17) is 5.73 Å². The van der Waals surface area contributed by atoms with E-state index in [0.717, 1.165) is 18.9 Å². The lowest BCUT2D eigenvalue weighted by atomic mass is 9.83. The van der Waals surface area contributed by atoms with Crippen molar-refractivity contribution >= 4 is 23.5 Å². The first kappa shape index (κ1) is 25.4. The van der Waals surface area contributed by atoms with E-state index in [1.165, 1.54) is 6.92 Å². The Kier molecular flexibility index (Phi) is 5.99. The number of ether oxygens (including phenoxy) is 1. The Labute approximate surface area is 197 Å². The molecule has 1 aliphatic carbocycles. The first-order chi connectivity index (χ1) is 16.6. The van der Waals surface area contributed by atoms with Gasteiger partial charge in [0.25, 0.3) is 0 Å². The van der Waals surface area contributed by atoms with Crippen molar-refractivity contribution in [3.05, 3.63) is 11.6 Å². The molecule has 1 saturated carbocycles. The number of carbonyl (C=O) groups excluding carboxylic acids is 2. The second-order valence-electron chi connectivity index (χ2n) is 8.40. The normalized spacial score (nSPS) is 19.9. The molecule has 2 amide bonds. The number of fused-ring (bicyclic) bond motifs is 1.